The van der Waals surface area contributed by atoms with E-state index in [0.717, 1.165) is 75.2 Å². The van der Waals surface area contributed by atoms with Gasteiger partial charge in [-0.05, 0) is 45.4 Å². The standard InChI is InChI=1S/C21H30FN3O3S.ClH/c1-16(2)28-19-7-6-17(22)14-18(19)24-12-10-23(11-13-24)8-4-3-5-9-25-20(26)15-29-21(25)27;/h6-7,14,16H,3-5,8-13,15H2,1-2H3;1H. The predicted molar refractivity (Wildman–Crippen MR) is 121 cm³/mol. The van der Waals surface area contributed by atoms with E-state index in [-0.39, 0.29) is 35.5 Å². The van der Waals surface area contributed by atoms with Crippen molar-refractivity contribution in [2.75, 3.05) is 49.9 Å². The van der Waals surface area contributed by atoms with Gasteiger partial charge in [0.2, 0.25) is 5.91 Å². The number of hydrogen-bond donors (Lipinski definition) is 0. The molecule has 0 bridgehead atoms. The zero-order valence-corrected chi connectivity index (χ0v) is 19.3. The molecule has 0 spiro atoms. The maximum absolute atomic E-state index is 13.8. The van der Waals surface area contributed by atoms with Crippen molar-refractivity contribution in [2.24, 2.45) is 0 Å². The molecule has 168 valence electrons. The predicted octanol–water partition coefficient (Wildman–Crippen LogP) is 4.02. The topological polar surface area (TPSA) is 53.1 Å². The molecular weight excluding hydrogens is 429 g/mol. The molecule has 2 amide bonds. The number of nitrogens with zero attached hydrogens (tertiary/aromatic N) is 3. The zero-order chi connectivity index (χ0) is 20.8. The van der Waals surface area contributed by atoms with Gasteiger partial charge in [-0.1, -0.05) is 18.2 Å². The Morgan fingerprint density at radius 2 is 1.77 bits per heavy atom. The van der Waals surface area contributed by atoms with E-state index in [1.807, 2.05) is 13.8 Å². The van der Waals surface area contributed by atoms with Crippen molar-refractivity contribution in [3.8, 4) is 5.75 Å². The number of unbranched alkanes of at least 4 members (excludes halogenated alkanes) is 2. The molecule has 2 fully saturated rings. The van der Waals surface area contributed by atoms with Crippen LogP contribution in [0.5, 0.6) is 5.75 Å². The summed E-state index contributed by atoms with van der Waals surface area (Å²) < 4.78 is 19.6. The van der Waals surface area contributed by atoms with E-state index in [0.29, 0.717) is 12.3 Å². The van der Waals surface area contributed by atoms with Crippen LogP contribution in [0.15, 0.2) is 18.2 Å². The minimum atomic E-state index is -0.244. The van der Waals surface area contributed by atoms with Crippen LogP contribution in [0, 0.1) is 5.82 Å². The van der Waals surface area contributed by atoms with Crippen molar-refractivity contribution >= 4 is 41.0 Å². The lowest BCUT2D eigenvalue weighted by atomic mass is 10.2. The van der Waals surface area contributed by atoms with Crippen molar-refractivity contribution < 1.29 is 18.7 Å². The molecule has 0 unspecified atom stereocenters. The molecule has 0 aromatic heterocycles. The van der Waals surface area contributed by atoms with Gasteiger partial charge >= 0.3 is 0 Å². The first-order valence-corrected chi connectivity index (χ1v) is 11.3. The average Bonchev–Trinajstić information content (AvgIpc) is 3.01. The smallest absolute Gasteiger partial charge is 0.288 e. The van der Waals surface area contributed by atoms with Crippen LogP contribution < -0.4 is 9.64 Å². The molecule has 6 nitrogen and oxygen atoms in total. The van der Waals surface area contributed by atoms with Crippen molar-refractivity contribution in [1.82, 2.24) is 9.80 Å². The Morgan fingerprint density at radius 1 is 1.07 bits per heavy atom. The lowest BCUT2D eigenvalue weighted by Crippen LogP contribution is -2.46. The summed E-state index contributed by atoms with van der Waals surface area (Å²) in [7, 11) is 0. The molecule has 2 aliphatic heterocycles. The van der Waals surface area contributed by atoms with E-state index in [4.69, 9.17) is 4.74 Å². The second-order valence-electron chi connectivity index (χ2n) is 7.77. The molecule has 1 aromatic rings. The minimum absolute atomic E-state index is 0. The van der Waals surface area contributed by atoms with Crippen molar-refractivity contribution in [1.29, 1.82) is 0 Å². The molecule has 2 heterocycles. The van der Waals surface area contributed by atoms with Crippen LogP contribution in [0.25, 0.3) is 0 Å². The lowest BCUT2D eigenvalue weighted by Gasteiger charge is -2.37. The van der Waals surface area contributed by atoms with Crippen molar-refractivity contribution in [3.05, 3.63) is 24.0 Å². The third-order valence-corrected chi connectivity index (χ3v) is 6.05. The normalized spacial score (nSPS) is 17.6. The molecule has 9 heteroatoms. The molecule has 2 saturated heterocycles. The van der Waals surface area contributed by atoms with Gasteiger partial charge in [0, 0.05) is 38.8 Å². The summed E-state index contributed by atoms with van der Waals surface area (Å²) in [6.07, 6.45) is 2.95. The molecule has 0 saturated carbocycles. The number of halogens is 2. The second-order valence-corrected chi connectivity index (χ2v) is 8.69. The highest BCUT2D eigenvalue weighted by atomic mass is 35.5. The number of hydrogen-bond acceptors (Lipinski definition) is 6. The largest absolute Gasteiger partial charge is 0.489 e. The average molecular weight is 460 g/mol. The maximum atomic E-state index is 13.8. The first-order chi connectivity index (χ1) is 13.9. The van der Waals surface area contributed by atoms with Crippen LogP contribution in [-0.4, -0.2) is 72.1 Å². The highest BCUT2D eigenvalue weighted by Crippen LogP contribution is 2.31. The van der Waals surface area contributed by atoms with Crippen LogP contribution in [0.2, 0.25) is 0 Å². The first kappa shape index (κ1) is 24.8. The third-order valence-electron chi connectivity index (χ3n) is 5.19. The van der Waals surface area contributed by atoms with Crippen molar-refractivity contribution in [2.45, 2.75) is 39.2 Å². The van der Waals surface area contributed by atoms with Crippen LogP contribution in [0.3, 0.4) is 0 Å². The SMILES string of the molecule is CC(C)Oc1ccc(F)cc1N1CCN(CCCCCN2C(=O)CSC2=O)CC1.Cl. The molecule has 30 heavy (non-hydrogen) atoms. The molecule has 0 aliphatic carbocycles. The number of imide groups is 1. The first-order valence-electron chi connectivity index (χ1n) is 10.3. The van der Waals surface area contributed by atoms with Gasteiger partial charge in [0.05, 0.1) is 17.5 Å². The lowest BCUT2D eigenvalue weighted by molar-refractivity contribution is -0.124. The van der Waals surface area contributed by atoms with Gasteiger partial charge in [-0.15, -0.1) is 12.4 Å². The van der Waals surface area contributed by atoms with Gasteiger partial charge in [-0.25, -0.2) is 4.39 Å². The summed E-state index contributed by atoms with van der Waals surface area (Å²) in [5.41, 5.74) is 0.830. The number of anilines is 1. The summed E-state index contributed by atoms with van der Waals surface area (Å²) in [5, 5.41) is -0.107. The third kappa shape index (κ3) is 6.75. The molecule has 2 aliphatic rings. The number of amides is 2. The fraction of sp³-hybridized carbons (Fsp3) is 0.619. The summed E-state index contributed by atoms with van der Waals surface area (Å²) >= 11 is 1.10. The fourth-order valence-electron chi connectivity index (χ4n) is 3.68. The van der Waals surface area contributed by atoms with Crippen LogP contribution in [0.1, 0.15) is 33.1 Å². The molecule has 3 rings (SSSR count). The highest BCUT2D eigenvalue weighted by Gasteiger charge is 2.29. The minimum Gasteiger partial charge on any atom is -0.489 e. The summed E-state index contributed by atoms with van der Waals surface area (Å²) in [6.45, 7) is 9.02. The fourth-order valence-corrected chi connectivity index (χ4v) is 4.43. The number of rotatable bonds is 9. The molecule has 0 N–H and O–H groups in total. The number of thioether (sulfide) groups is 1. The number of benzene rings is 1. The van der Waals surface area contributed by atoms with Crippen LogP contribution in [-0.2, 0) is 4.79 Å². The number of ether oxygens (including phenoxy) is 1. The van der Waals surface area contributed by atoms with E-state index in [1.165, 1.54) is 11.0 Å². The van der Waals surface area contributed by atoms with Gasteiger partial charge in [0.1, 0.15) is 11.6 Å². The number of carbonyl (C=O) groups is 2. The second kappa shape index (κ2) is 11.8. The monoisotopic (exact) mass is 459 g/mol. The van der Waals surface area contributed by atoms with E-state index in [2.05, 4.69) is 9.80 Å². The van der Waals surface area contributed by atoms with Gasteiger partial charge in [0.25, 0.3) is 5.24 Å². The van der Waals surface area contributed by atoms with Crippen LogP contribution in [0.4, 0.5) is 14.9 Å². The van der Waals surface area contributed by atoms with Gasteiger partial charge < -0.3 is 9.64 Å². The van der Waals surface area contributed by atoms with Crippen molar-refractivity contribution in [3.63, 3.8) is 0 Å². The Hall–Kier alpha value is -1.51. The summed E-state index contributed by atoms with van der Waals surface area (Å²) in [6, 6.07) is 4.72. The Bertz CT molecular complexity index is 713. The summed E-state index contributed by atoms with van der Waals surface area (Å²) in [5.74, 6) is 0.721. The quantitative estimate of drug-likeness (QED) is 0.520. The maximum Gasteiger partial charge on any atom is 0.288 e. The summed E-state index contributed by atoms with van der Waals surface area (Å²) in [4.78, 5) is 29.1. The Balaban J connectivity index is 0.00000320. The molecule has 0 radical (unpaired) electrons. The van der Waals surface area contributed by atoms with E-state index < -0.39 is 0 Å². The molecular formula is C21H31ClFN3O3S. The highest BCUT2D eigenvalue weighted by molar-refractivity contribution is 8.14. The Labute approximate surface area is 188 Å². The zero-order valence-electron chi connectivity index (χ0n) is 17.6. The van der Waals surface area contributed by atoms with Gasteiger partial charge in [-0.3, -0.25) is 19.4 Å². The Kier molecular flexibility index (Phi) is 9.71. The number of carbonyl (C=O) groups excluding carboxylic acids is 2. The number of piperazine rings is 1. The van der Waals surface area contributed by atoms with E-state index in [9.17, 15) is 14.0 Å². The van der Waals surface area contributed by atoms with E-state index >= 15 is 0 Å². The van der Waals surface area contributed by atoms with E-state index in [1.54, 1.807) is 12.1 Å². The Morgan fingerprint density at radius 3 is 2.40 bits per heavy atom. The molecule has 1 aromatic carbocycles. The van der Waals surface area contributed by atoms with Crippen LogP contribution >= 0.6 is 24.2 Å². The van der Waals surface area contributed by atoms with Gasteiger partial charge in [-0.2, -0.15) is 0 Å². The molecule has 0 atom stereocenters. The van der Waals surface area contributed by atoms with Gasteiger partial charge in [0.15, 0.2) is 0 Å².